The van der Waals surface area contributed by atoms with E-state index in [1.54, 1.807) is 36.4 Å². The highest BCUT2D eigenvalue weighted by molar-refractivity contribution is 7.91. The average Bonchev–Trinajstić information content (AvgIpc) is 2.67. The Hall–Kier alpha value is -2.24. The predicted octanol–water partition coefficient (Wildman–Crippen LogP) is 5.60. The minimum absolute atomic E-state index is 0.171. The van der Waals surface area contributed by atoms with Gasteiger partial charge in [0.05, 0.1) is 20.6 Å². The lowest BCUT2D eigenvalue weighted by Crippen LogP contribution is -2.14. The molecule has 0 aliphatic rings. The van der Waals surface area contributed by atoms with Crippen molar-refractivity contribution in [2.24, 2.45) is 0 Å². The summed E-state index contributed by atoms with van der Waals surface area (Å²) in [5.41, 5.74) is 2.62. The lowest BCUT2D eigenvalue weighted by Gasteiger charge is -2.21. The molecule has 5 heteroatoms. The van der Waals surface area contributed by atoms with Gasteiger partial charge in [0.15, 0.2) is 0 Å². The Labute approximate surface area is 176 Å². The first-order valence-corrected chi connectivity index (χ1v) is 12.1. The van der Waals surface area contributed by atoms with Crippen LogP contribution in [0.25, 0.3) is 0 Å². The molecule has 1 atom stereocenters. The zero-order chi connectivity index (χ0) is 21.4. The molecule has 0 aliphatic heterocycles. The van der Waals surface area contributed by atoms with E-state index in [1.165, 1.54) is 0 Å². The number of sulfone groups is 1. The fourth-order valence-electron chi connectivity index (χ4n) is 2.92. The van der Waals surface area contributed by atoms with Gasteiger partial charge in [0.2, 0.25) is 9.84 Å². The Morgan fingerprint density at radius 1 is 0.690 bits per heavy atom. The standard InChI is InChI=1S/C24H26O3S2/c1-17-6-10-20(11-7-17)28(25)21-14-19(24(3,4)5)15-23(16-21)29(26,27)22-12-8-18(2)9-13-22/h6-16H,1-5H3/t28-/m0/s1. The highest BCUT2D eigenvalue weighted by Crippen LogP contribution is 2.31. The molecule has 0 saturated heterocycles. The Bertz CT molecular complexity index is 1150. The maximum atomic E-state index is 13.3. The summed E-state index contributed by atoms with van der Waals surface area (Å²) < 4.78 is 39.8. The summed E-state index contributed by atoms with van der Waals surface area (Å²) in [6.07, 6.45) is 0. The maximum Gasteiger partial charge on any atom is 0.206 e. The molecule has 0 amide bonds. The van der Waals surface area contributed by atoms with E-state index < -0.39 is 20.6 Å². The summed E-state index contributed by atoms with van der Waals surface area (Å²) in [6.45, 7) is 9.94. The van der Waals surface area contributed by atoms with Gasteiger partial charge in [-0.3, -0.25) is 0 Å². The van der Waals surface area contributed by atoms with Crippen LogP contribution in [0.15, 0.2) is 86.3 Å². The van der Waals surface area contributed by atoms with E-state index in [4.69, 9.17) is 0 Å². The first-order chi connectivity index (χ1) is 13.5. The summed E-state index contributed by atoms with van der Waals surface area (Å²) in [4.78, 5) is 1.55. The third kappa shape index (κ3) is 4.68. The molecule has 29 heavy (non-hydrogen) atoms. The topological polar surface area (TPSA) is 51.2 Å². The summed E-state index contributed by atoms with van der Waals surface area (Å²) in [5.74, 6) is 0. The van der Waals surface area contributed by atoms with Gasteiger partial charge >= 0.3 is 0 Å². The lowest BCUT2D eigenvalue weighted by molar-refractivity contribution is 0.581. The van der Waals surface area contributed by atoms with Crippen molar-refractivity contribution >= 4 is 20.6 Å². The Balaban J connectivity index is 2.17. The molecule has 0 heterocycles. The highest BCUT2D eigenvalue weighted by atomic mass is 32.2. The molecule has 3 aromatic carbocycles. The van der Waals surface area contributed by atoms with Crippen molar-refractivity contribution in [3.8, 4) is 0 Å². The molecule has 0 spiro atoms. The van der Waals surface area contributed by atoms with Crippen molar-refractivity contribution in [3.05, 3.63) is 83.4 Å². The minimum atomic E-state index is -3.72. The van der Waals surface area contributed by atoms with Gasteiger partial charge in [-0.25, -0.2) is 12.6 Å². The maximum absolute atomic E-state index is 13.3. The molecule has 3 aromatic rings. The quantitative estimate of drug-likeness (QED) is 0.546. The molecular formula is C24H26O3S2. The van der Waals surface area contributed by atoms with E-state index in [-0.39, 0.29) is 15.2 Å². The molecule has 0 saturated carbocycles. The van der Waals surface area contributed by atoms with Crippen LogP contribution in [0.4, 0.5) is 0 Å². The highest BCUT2D eigenvalue weighted by Gasteiger charge is 2.24. The summed E-state index contributed by atoms with van der Waals surface area (Å²) in [7, 11) is -5.19. The molecule has 0 radical (unpaired) electrons. The van der Waals surface area contributed by atoms with E-state index in [0.717, 1.165) is 16.7 Å². The first kappa shape index (κ1) is 21.5. The van der Waals surface area contributed by atoms with E-state index in [9.17, 15) is 12.6 Å². The lowest BCUT2D eigenvalue weighted by atomic mass is 9.87. The van der Waals surface area contributed by atoms with Crippen LogP contribution in [0.2, 0.25) is 0 Å². The van der Waals surface area contributed by atoms with Gasteiger partial charge in [-0.05, 0) is 67.3 Å². The van der Waals surface area contributed by atoms with Crippen LogP contribution >= 0.6 is 0 Å². The van der Waals surface area contributed by atoms with Gasteiger partial charge in [0.25, 0.3) is 0 Å². The minimum Gasteiger partial charge on any atom is -0.249 e. The fourth-order valence-corrected chi connectivity index (χ4v) is 5.45. The zero-order valence-electron chi connectivity index (χ0n) is 17.4. The predicted molar refractivity (Wildman–Crippen MR) is 118 cm³/mol. The van der Waals surface area contributed by atoms with Crippen LogP contribution < -0.4 is 0 Å². The molecule has 3 nitrogen and oxygen atoms in total. The van der Waals surface area contributed by atoms with Crippen LogP contribution in [0.1, 0.15) is 37.5 Å². The van der Waals surface area contributed by atoms with Crippen molar-refractivity contribution in [1.82, 2.24) is 0 Å². The van der Waals surface area contributed by atoms with Crippen molar-refractivity contribution in [3.63, 3.8) is 0 Å². The van der Waals surface area contributed by atoms with E-state index in [1.807, 2.05) is 65.0 Å². The van der Waals surface area contributed by atoms with Crippen molar-refractivity contribution in [2.75, 3.05) is 0 Å². The summed E-state index contributed by atoms with van der Waals surface area (Å²) in [6, 6.07) is 19.4. The van der Waals surface area contributed by atoms with Crippen molar-refractivity contribution in [1.29, 1.82) is 0 Å². The molecule has 0 aromatic heterocycles. The SMILES string of the molecule is Cc1ccc([S@](=O)c2cc(C(C)(C)C)cc(S(=O)(=O)c3ccc(C)cc3)c2)cc1. The molecule has 3 rings (SSSR count). The van der Waals surface area contributed by atoms with Gasteiger partial charge in [-0.1, -0.05) is 56.2 Å². The second-order valence-corrected chi connectivity index (χ2v) is 11.8. The number of rotatable bonds is 4. The van der Waals surface area contributed by atoms with Crippen molar-refractivity contribution in [2.45, 2.75) is 59.6 Å². The molecule has 0 unspecified atom stereocenters. The van der Waals surface area contributed by atoms with Crippen LogP contribution in [-0.4, -0.2) is 12.6 Å². The van der Waals surface area contributed by atoms with Crippen molar-refractivity contribution < 1.29 is 12.6 Å². The first-order valence-electron chi connectivity index (χ1n) is 9.44. The second kappa shape index (κ2) is 7.88. The number of aryl methyl sites for hydroxylation is 2. The molecular weight excluding hydrogens is 400 g/mol. The van der Waals surface area contributed by atoms with E-state index in [0.29, 0.717) is 9.79 Å². The van der Waals surface area contributed by atoms with Crippen LogP contribution in [0.3, 0.4) is 0 Å². The van der Waals surface area contributed by atoms with E-state index in [2.05, 4.69) is 0 Å². The summed E-state index contributed by atoms with van der Waals surface area (Å²) >= 11 is 0. The smallest absolute Gasteiger partial charge is 0.206 e. The van der Waals surface area contributed by atoms with E-state index >= 15 is 0 Å². The van der Waals surface area contributed by atoms with Gasteiger partial charge < -0.3 is 0 Å². The zero-order valence-corrected chi connectivity index (χ0v) is 19.0. The Morgan fingerprint density at radius 3 is 1.72 bits per heavy atom. The van der Waals surface area contributed by atoms with Gasteiger partial charge in [0, 0.05) is 9.79 Å². The number of hydrogen-bond donors (Lipinski definition) is 0. The Morgan fingerprint density at radius 2 is 1.21 bits per heavy atom. The normalized spacial score (nSPS) is 13.3. The second-order valence-electron chi connectivity index (χ2n) is 8.34. The van der Waals surface area contributed by atoms with Gasteiger partial charge in [-0.15, -0.1) is 0 Å². The van der Waals surface area contributed by atoms with Gasteiger partial charge in [-0.2, -0.15) is 0 Å². The monoisotopic (exact) mass is 426 g/mol. The fraction of sp³-hybridized carbons (Fsp3) is 0.250. The van der Waals surface area contributed by atoms with Crippen LogP contribution in [0, 0.1) is 13.8 Å². The molecule has 0 fully saturated rings. The molecule has 0 aliphatic carbocycles. The largest absolute Gasteiger partial charge is 0.249 e. The third-order valence-corrected chi connectivity index (χ3v) is 7.95. The third-order valence-electron chi connectivity index (χ3n) is 4.84. The molecule has 0 N–H and O–H groups in total. The number of hydrogen-bond acceptors (Lipinski definition) is 3. The number of benzene rings is 3. The van der Waals surface area contributed by atoms with Gasteiger partial charge in [0.1, 0.15) is 0 Å². The average molecular weight is 427 g/mol. The van der Waals surface area contributed by atoms with Crippen LogP contribution in [-0.2, 0) is 26.1 Å². The molecule has 152 valence electrons. The Kier molecular flexibility index (Phi) is 5.84. The van der Waals surface area contributed by atoms with Crippen LogP contribution in [0.5, 0.6) is 0 Å². The summed E-state index contributed by atoms with van der Waals surface area (Å²) in [5, 5.41) is 0. The molecule has 0 bridgehead atoms.